The van der Waals surface area contributed by atoms with Crippen molar-refractivity contribution in [2.75, 3.05) is 13.1 Å². The van der Waals surface area contributed by atoms with E-state index in [1.165, 1.54) is 5.56 Å². The number of amides is 1. The lowest BCUT2D eigenvalue weighted by Gasteiger charge is -2.30. The van der Waals surface area contributed by atoms with Gasteiger partial charge in [0.1, 0.15) is 0 Å². The van der Waals surface area contributed by atoms with E-state index in [-0.39, 0.29) is 11.3 Å². The van der Waals surface area contributed by atoms with Crippen LogP contribution in [0.4, 0.5) is 0 Å². The maximum absolute atomic E-state index is 12.5. The number of hydrogen-bond acceptors (Lipinski definition) is 2. The van der Waals surface area contributed by atoms with E-state index in [0.717, 1.165) is 32.1 Å². The van der Waals surface area contributed by atoms with Gasteiger partial charge in [-0.15, -0.1) is 0 Å². The van der Waals surface area contributed by atoms with E-state index in [2.05, 4.69) is 31.3 Å². The average Bonchev–Trinajstić information content (AvgIpc) is 2.48. The molecule has 112 valence electrons. The van der Waals surface area contributed by atoms with Crippen LogP contribution in [-0.2, 0) is 11.2 Å². The van der Waals surface area contributed by atoms with E-state index < -0.39 is 0 Å². The molecule has 1 amide bonds. The van der Waals surface area contributed by atoms with Crippen molar-refractivity contribution in [1.29, 1.82) is 0 Å². The third-order valence-corrected chi connectivity index (χ3v) is 3.87. The molecule has 0 saturated heterocycles. The summed E-state index contributed by atoms with van der Waals surface area (Å²) in [6, 6.07) is 10.2. The zero-order chi connectivity index (χ0) is 14.8. The van der Waals surface area contributed by atoms with Crippen molar-refractivity contribution < 1.29 is 4.79 Å². The fourth-order valence-electron chi connectivity index (χ4n) is 2.76. The maximum Gasteiger partial charge on any atom is 0.227 e. The van der Waals surface area contributed by atoms with Crippen molar-refractivity contribution in [3.63, 3.8) is 0 Å². The molecular weight excluding hydrogens is 248 g/mol. The van der Waals surface area contributed by atoms with Gasteiger partial charge in [0, 0.05) is 13.1 Å². The van der Waals surface area contributed by atoms with Crippen LogP contribution in [-0.4, -0.2) is 19.0 Å². The largest absolute Gasteiger partial charge is 0.355 e. The summed E-state index contributed by atoms with van der Waals surface area (Å²) >= 11 is 0. The smallest absolute Gasteiger partial charge is 0.227 e. The summed E-state index contributed by atoms with van der Waals surface area (Å²) in [5.74, 6) is 0.125. The fourth-order valence-corrected chi connectivity index (χ4v) is 2.76. The lowest BCUT2D eigenvalue weighted by molar-refractivity contribution is -0.131. The molecule has 0 heterocycles. The summed E-state index contributed by atoms with van der Waals surface area (Å²) in [4.78, 5) is 12.5. The highest BCUT2D eigenvalue weighted by Gasteiger charge is 2.34. The first kappa shape index (κ1) is 16.7. The van der Waals surface area contributed by atoms with E-state index in [0.29, 0.717) is 13.1 Å². The molecule has 0 aliphatic heterocycles. The van der Waals surface area contributed by atoms with Crippen LogP contribution in [0.2, 0.25) is 0 Å². The van der Waals surface area contributed by atoms with Gasteiger partial charge < -0.3 is 11.1 Å². The highest BCUT2D eigenvalue weighted by atomic mass is 16.2. The number of carbonyl (C=O) groups is 1. The molecule has 0 bridgehead atoms. The summed E-state index contributed by atoms with van der Waals surface area (Å²) in [5, 5.41) is 3.07. The van der Waals surface area contributed by atoms with Gasteiger partial charge >= 0.3 is 0 Å². The summed E-state index contributed by atoms with van der Waals surface area (Å²) in [6.07, 6.45) is 4.58. The summed E-state index contributed by atoms with van der Waals surface area (Å²) in [6.45, 7) is 5.33. The van der Waals surface area contributed by atoms with Crippen molar-refractivity contribution in [1.82, 2.24) is 5.32 Å². The predicted octanol–water partition coefficient (Wildman–Crippen LogP) is 2.89. The van der Waals surface area contributed by atoms with Crippen molar-refractivity contribution >= 4 is 5.91 Å². The SMILES string of the molecule is CCCC(CN)(CCC)C(=O)NCCc1ccccc1. The van der Waals surface area contributed by atoms with Gasteiger partial charge in [-0.3, -0.25) is 4.79 Å². The van der Waals surface area contributed by atoms with Gasteiger partial charge in [0.25, 0.3) is 0 Å². The second kappa shape index (κ2) is 8.75. The molecule has 0 spiro atoms. The third-order valence-electron chi connectivity index (χ3n) is 3.87. The first-order chi connectivity index (χ1) is 9.68. The minimum Gasteiger partial charge on any atom is -0.355 e. The molecule has 3 heteroatoms. The Morgan fingerprint density at radius 1 is 1.15 bits per heavy atom. The number of benzene rings is 1. The molecule has 20 heavy (non-hydrogen) atoms. The topological polar surface area (TPSA) is 55.1 Å². The first-order valence-electron chi connectivity index (χ1n) is 7.71. The molecule has 1 aromatic carbocycles. The molecule has 0 aliphatic carbocycles. The highest BCUT2D eigenvalue weighted by molar-refractivity contribution is 5.82. The minimum absolute atomic E-state index is 0.125. The zero-order valence-corrected chi connectivity index (χ0v) is 12.8. The number of rotatable bonds is 9. The lowest BCUT2D eigenvalue weighted by atomic mass is 9.78. The summed E-state index contributed by atoms with van der Waals surface area (Å²) in [7, 11) is 0. The molecule has 1 rings (SSSR count). The van der Waals surface area contributed by atoms with Crippen molar-refractivity contribution in [3.05, 3.63) is 35.9 Å². The van der Waals surface area contributed by atoms with Gasteiger partial charge in [-0.1, -0.05) is 57.0 Å². The monoisotopic (exact) mass is 276 g/mol. The van der Waals surface area contributed by atoms with Crippen molar-refractivity contribution in [2.45, 2.75) is 46.0 Å². The van der Waals surface area contributed by atoms with Crippen LogP contribution >= 0.6 is 0 Å². The van der Waals surface area contributed by atoms with Crippen molar-refractivity contribution in [2.24, 2.45) is 11.1 Å². The Hall–Kier alpha value is -1.35. The molecule has 0 unspecified atom stereocenters. The van der Waals surface area contributed by atoms with Gasteiger partial charge in [-0.05, 0) is 24.8 Å². The third kappa shape index (κ3) is 4.64. The number of carbonyl (C=O) groups excluding carboxylic acids is 1. The first-order valence-corrected chi connectivity index (χ1v) is 7.71. The predicted molar refractivity (Wildman–Crippen MR) is 84.5 cm³/mol. The fraction of sp³-hybridized carbons (Fsp3) is 0.588. The van der Waals surface area contributed by atoms with Gasteiger partial charge in [0.2, 0.25) is 5.91 Å². The molecule has 0 fully saturated rings. The molecule has 0 aliphatic rings. The summed E-state index contributed by atoms with van der Waals surface area (Å²) in [5.41, 5.74) is 6.78. The van der Waals surface area contributed by atoms with Crippen LogP contribution in [0.1, 0.15) is 45.1 Å². The molecule has 0 radical (unpaired) electrons. The zero-order valence-electron chi connectivity index (χ0n) is 12.8. The lowest BCUT2D eigenvalue weighted by Crippen LogP contribution is -2.46. The van der Waals surface area contributed by atoms with Gasteiger partial charge in [0.05, 0.1) is 5.41 Å². The Kier molecular flexibility index (Phi) is 7.31. The van der Waals surface area contributed by atoms with E-state index in [9.17, 15) is 4.79 Å². The molecule has 3 nitrogen and oxygen atoms in total. The highest BCUT2D eigenvalue weighted by Crippen LogP contribution is 2.28. The molecule has 0 aromatic heterocycles. The summed E-state index contributed by atoms with van der Waals surface area (Å²) < 4.78 is 0. The second-order valence-corrected chi connectivity index (χ2v) is 5.48. The Bertz CT molecular complexity index is 383. The molecule has 0 saturated carbocycles. The van der Waals surface area contributed by atoms with E-state index in [1.807, 2.05) is 18.2 Å². The van der Waals surface area contributed by atoms with E-state index in [4.69, 9.17) is 5.73 Å². The molecule has 1 aromatic rings. The Balaban J connectivity index is 2.53. The average molecular weight is 276 g/mol. The van der Waals surface area contributed by atoms with E-state index >= 15 is 0 Å². The Morgan fingerprint density at radius 3 is 2.25 bits per heavy atom. The van der Waals surface area contributed by atoms with E-state index in [1.54, 1.807) is 0 Å². The van der Waals surface area contributed by atoms with Crippen LogP contribution in [0.15, 0.2) is 30.3 Å². The molecule has 3 N–H and O–H groups in total. The second-order valence-electron chi connectivity index (χ2n) is 5.48. The van der Waals surface area contributed by atoms with Crippen LogP contribution in [0.25, 0.3) is 0 Å². The van der Waals surface area contributed by atoms with Crippen LogP contribution < -0.4 is 11.1 Å². The van der Waals surface area contributed by atoms with Crippen LogP contribution in [0, 0.1) is 5.41 Å². The van der Waals surface area contributed by atoms with Crippen LogP contribution in [0.3, 0.4) is 0 Å². The Labute approximate surface area is 122 Å². The molecular formula is C17H28N2O. The van der Waals surface area contributed by atoms with Gasteiger partial charge in [-0.2, -0.15) is 0 Å². The standard InChI is InChI=1S/C17H28N2O/c1-3-11-17(14-18,12-4-2)16(20)19-13-10-15-8-6-5-7-9-15/h5-9H,3-4,10-14,18H2,1-2H3,(H,19,20). The molecule has 0 atom stereocenters. The van der Waals surface area contributed by atoms with Crippen LogP contribution in [0.5, 0.6) is 0 Å². The maximum atomic E-state index is 12.5. The van der Waals surface area contributed by atoms with Gasteiger partial charge in [-0.25, -0.2) is 0 Å². The van der Waals surface area contributed by atoms with Crippen molar-refractivity contribution in [3.8, 4) is 0 Å². The quantitative estimate of drug-likeness (QED) is 0.728. The number of nitrogens with one attached hydrogen (secondary N) is 1. The minimum atomic E-state index is -0.375. The van der Waals surface area contributed by atoms with Gasteiger partial charge in [0.15, 0.2) is 0 Å². The normalized spacial score (nSPS) is 11.3. The number of nitrogens with two attached hydrogens (primary N) is 1. The number of hydrogen-bond donors (Lipinski definition) is 2. The Morgan fingerprint density at radius 2 is 1.75 bits per heavy atom.